The van der Waals surface area contributed by atoms with Crippen LogP contribution in [0.3, 0.4) is 0 Å². The molecule has 0 aliphatic carbocycles. The first kappa shape index (κ1) is 17.4. The van der Waals surface area contributed by atoms with Crippen LogP contribution in [-0.2, 0) is 9.53 Å². The molecule has 0 fully saturated rings. The van der Waals surface area contributed by atoms with Crippen molar-refractivity contribution in [2.45, 2.75) is 58.2 Å². The number of aliphatic hydroxyl groups is 1. The number of carbonyl (C=O) groups excluding carboxylic acids is 1. The van der Waals surface area contributed by atoms with Crippen molar-refractivity contribution in [2.24, 2.45) is 0 Å². The second-order valence-corrected chi connectivity index (χ2v) is 5.16. The summed E-state index contributed by atoms with van der Waals surface area (Å²) in [5.74, 6) is -0.0353. The summed E-state index contributed by atoms with van der Waals surface area (Å²) in [5, 5.41) is 16.0. The lowest BCUT2D eigenvalue weighted by atomic mass is 10.0. The van der Waals surface area contributed by atoms with E-state index < -0.39 is 5.60 Å². The minimum atomic E-state index is -0.860. The number of hydrogen-bond acceptors (Lipinski definition) is 4. The molecule has 1 amide bonds. The van der Waals surface area contributed by atoms with Gasteiger partial charge in [-0.3, -0.25) is 4.79 Å². The van der Waals surface area contributed by atoms with Gasteiger partial charge in [-0.25, -0.2) is 0 Å². The Balaban J connectivity index is 4.00. The zero-order chi connectivity index (χ0) is 14.2. The van der Waals surface area contributed by atoms with Crippen molar-refractivity contribution in [1.82, 2.24) is 10.6 Å². The first-order chi connectivity index (χ1) is 8.32. The highest BCUT2D eigenvalue weighted by Crippen LogP contribution is 2.07. The fraction of sp³-hybridized carbons (Fsp3) is 0.923. The summed E-state index contributed by atoms with van der Waals surface area (Å²) in [4.78, 5) is 11.8. The molecule has 0 aromatic carbocycles. The van der Waals surface area contributed by atoms with E-state index >= 15 is 0 Å². The summed E-state index contributed by atoms with van der Waals surface area (Å²) in [6, 6.07) is -0.135. The minimum Gasteiger partial charge on any atom is -0.389 e. The zero-order valence-corrected chi connectivity index (χ0v) is 12.2. The first-order valence-electron chi connectivity index (χ1n) is 6.57. The van der Waals surface area contributed by atoms with E-state index in [0.29, 0.717) is 19.6 Å². The second kappa shape index (κ2) is 8.45. The highest BCUT2D eigenvalue weighted by molar-refractivity contribution is 5.81. The number of methoxy groups -OCH3 is 1. The molecule has 3 unspecified atom stereocenters. The molecule has 5 nitrogen and oxygen atoms in total. The van der Waals surface area contributed by atoms with Crippen LogP contribution < -0.4 is 10.6 Å². The van der Waals surface area contributed by atoms with Crippen LogP contribution in [0.1, 0.15) is 40.5 Å². The van der Waals surface area contributed by atoms with Gasteiger partial charge in [0.2, 0.25) is 5.91 Å². The standard InChI is InChI=1S/C13H28N2O3/c1-6-10(2)15-12(16)11(3)14-9-13(4,17)7-8-18-5/h10-11,14,17H,6-9H2,1-5H3,(H,15,16). The summed E-state index contributed by atoms with van der Waals surface area (Å²) in [6.45, 7) is 8.40. The second-order valence-electron chi connectivity index (χ2n) is 5.16. The Kier molecular flexibility index (Phi) is 8.15. The van der Waals surface area contributed by atoms with E-state index in [-0.39, 0.29) is 18.0 Å². The van der Waals surface area contributed by atoms with Crippen LogP contribution >= 0.6 is 0 Å². The van der Waals surface area contributed by atoms with Crippen molar-refractivity contribution in [1.29, 1.82) is 0 Å². The van der Waals surface area contributed by atoms with Crippen LogP contribution in [0.15, 0.2) is 0 Å². The molecule has 0 aliphatic heterocycles. The smallest absolute Gasteiger partial charge is 0.237 e. The molecule has 0 aliphatic rings. The minimum absolute atomic E-state index is 0.0353. The van der Waals surface area contributed by atoms with Gasteiger partial charge in [0, 0.05) is 32.7 Å². The molecule has 0 spiro atoms. The highest BCUT2D eigenvalue weighted by Gasteiger charge is 2.22. The summed E-state index contributed by atoms with van der Waals surface area (Å²) in [7, 11) is 1.60. The number of amides is 1. The van der Waals surface area contributed by atoms with Crippen molar-refractivity contribution in [3.63, 3.8) is 0 Å². The van der Waals surface area contributed by atoms with Gasteiger partial charge in [0.05, 0.1) is 11.6 Å². The third-order valence-corrected chi connectivity index (χ3v) is 3.03. The third-order valence-electron chi connectivity index (χ3n) is 3.03. The summed E-state index contributed by atoms with van der Waals surface area (Å²) >= 11 is 0. The number of rotatable bonds is 9. The van der Waals surface area contributed by atoms with Crippen LogP contribution in [0.2, 0.25) is 0 Å². The van der Waals surface area contributed by atoms with Crippen molar-refractivity contribution < 1.29 is 14.6 Å². The molecule has 3 N–H and O–H groups in total. The quantitative estimate of drug-likeness (QED) is 0.570. The molecular formula is C13H28N2O3. The van der Waals surface area contributed by atoms with Gasteiger partial charge < -0.3 is 20.5 Å². The fourth-order valence-electron chi connectivity index (χ4n) is 1.35. The molecule has 0 radical (unpaired) electrons. The molecule has 0 aromatic heterocycles. The summed E-state index contributed by atoms with van der Waals surface area (Å²) in [6.07, 6.45) is 1.44. The maximum Gasteiger partial charge on any atom is 0.237 e. The molecular weight excluding hydrogens is 232 g/mol. The molecule has 0 saturated heterocycles. The predicted octanol–water partition coefficient (Wildman–Crippen LogP) is 0.667. The number of ether oxygens (including phenoxy) is 1. The van der Waals surface area contributed by atoms with E-state index in [1.807, 2.05) is 13.8 Å². The Morgan fingerprint density at radius 3 is 2.56 bits per heavy atom. The lowest BCUT2D eigenvalue weighted by Gasteiger charge is -2.26. The van der Waals surface area contributed by atoms with Crippen LogP contribution in [0.4, 0.5) is 0 Å². The van der Waals surface area contributed by atoms with Crippen LogP contribution in [0, 0.1) is 0 Å². The van der Waals surface area contributed by atoms with Crippen LogP contribution in [-0.4, -0.2) is 49.0 Å². The van der Waals surface area contributed by atoms with E-state index in [2.05, 4.69) is 10.6 Å². The Hall–Kier alpha value is -0.650. The number of hydrogen-bond donors (Lipinski definition) is 3. The van der Waals surface area contributed by atoms with E-state index in [1.165, 1.54) is 0 Å². The molecule has 0 saturated carbocycles. The van der Waals surface area contributed by atoms with Gasteiger partial charge in [-0.05, 0) is 27.2 Å². The fourth-order valence-corrected chi connectivity index (χ4v) is 1.35. The summed E-state index contributed by atoms with van der Waals surface area (Å²) < 4.78 is 4.93. The average molecular weight is 260 g/mol. The third kappa shape index (κ3) is 7.63. The number of carbonyl (C=O) groups is 1. The molecule has 0 aromatic rings. The van der Waals surface area contributed by atoms with Crippen LogP contribution in [0.5, 0.6) is 0 Å². The predicted molar refractivity (Wildman–Crippen MR) is 72.5 cm³/mol. The van der Waals surface area contributed by atoms with E-state index in [0.717, 1.165) is 6.42 Å². The summed E-state index contributed by atoms with van der Waals surface area (Å²) in [5.41, 5.74) is -0.860. The monoisotopic (exact) mass is 260 g/mol. The Labute approximate surface area is 110 Å². The van der Waals surface area contributed by atoms with Gasteiger partial charge in [0.15, 0.2) is 0 Å². The van der Waals surface area contributed by atoms with Gasteiger partial charge in [0.1, 0.15) is 0 Å². The van der Waals surface area contributed by atoms with Gasteiger partial charge >= 0.3 is 0 Å². The van der Waals surface area contributed by atoms with Gasteiger partial charge in [-0.1, -0.05) is 6.92 Å². The van der Waals surface area contributed by atoms with E-state index in [1.54, 1.807) is 21.0 Å². The largest absolute Gasteiger partial charge is 0.389 e. The highest BCUT2D eigenvalue weighted by atomic mass is 16.5. The van der Waals surface area contributed by atoms with E-state index in [9.17, 15) is 9.90 Å². The maximum absolute atomic E-state index is 11.8. The van der Waals surface area contributed by atoms with Crippen LogP contribution in [0.25, 0.3) is 0 Å². The lowest BCUT2D eigenvalue weighted by Crippen LogP contribution is -2.49. The SMILES string of the molecule is CCC(C)NC(=O)C(C)NCC(C)(O)CCOC. The average Bonchev–Trinajstić information content (AvgIpc) is 2.33. The van der Waals surface area contributed by atoms with Crippen molar-refractivity contribution >= 4 is 5.91 Å². The van der Waals surface area contributed by atoms with Gasteiger partial charge in [-0.2, -0.15) is 0 Å². The molecule has 108 valence electrons. The number of nitrogens with one attached hydrogen (secondary N) is 2. The molecule has 0 rings (SSSR count). The molecule has 0 bridgehead atoms. The van der Waals surface area contributed by atoms with Crippen molar-refractivity contribution in [2.75, 3.05) is 20.3 Å². The normalized spacial score (nSPS) is 17.9. The Morgan fingerprint density at radius 2 is 2.06 bits per heavy atom. The zero-order valence-electron chi connectivity index (χ0n) is 12.2. The Bertz CT molecular complexity index is 244. The van der Waals surface area contributed by atoms with Crippen molar-refractivity contribution in [3.8, 4) is 0 Å². The molecule has 18 heavy (non-hydrogen) atoms. The maximum atomic E-state index is 11.8. The first-order valence-corrected chi connectivity index (χ1v) is 6.57. The molecule has 5 heteroatoms. The lowest BCUT2D eigenvalue weighted by molar-refractivity contribution is -0.123. The van der Waals surface area contributed by atoms with Gasteiger partial charge in [-0.15, -0.1) is 0 Å². The topological polar surface area (TPSA) is 70.6 Å². The molecule has 0 heterocycles. The molecule has 3 atom stereocenters. The van der Waals surface area contributed by atoms with E-state index in [4.69, 9.17) is 4.74 Å². The van der Waals surface area contributed by atoms with Gasteiger partial charge in [0.25, 0.3) is 0 Å². The van der Waals surface area contributed by atoms with Crippen molar-refractivity contribution in [3.05, 3.63) is 0 Å². The Morgan fingerprint density at radius 1 is 1.44 bits per heavy atom.